The molecule has 3 heterocycles. The van der Waals surface area contributed by atoms with E-state index in [0.717, 1.165) is 44.9 Å². The van der Waals surface area contributed by atoms with Crippen LogP contribution in [0, 0.1) is 45.3 Å². The van der Waals surface area contributed by atoms with Crippen LogP contribution in [0.2, 0.25) is 0 Å². The van der Waals surface area contributed by atoms with Crippen molar-refractivity contribution in [3.05, 3.63) is 11.6 Å². The summed E-state index contributed by atoms with van der Waals surface area (Å²) in [6.45, 7) is 15.4. The first-order valence-corrected chi connectivity index (χ1v) is 24.4. The third-order valence-electron chi connectivity index (χ3n) is 18.6. The smallest absolute Gasteiger partial charge is 0.187 e. The lowest BCUT2D eigenvalue weighted by molar-refractivity contribution is -0.375. The van der Waals surface area contributed by atoms with Gasteiger partial charge in [-0.1, -0.05) is 53.2 Å². The molecule has 0 spiro atoms. The second kappa shape index (κ2) is 19.6. The van der Waals surface area contributed by atoms with Crippen LogP contribution in [0.5, 0.6) is 0 Å². The molecule has 3 aliphatic heterocycles. The Morgan fingerprint density at radius 1 is 0.636 bits per heavy atom. The lowest BCUT2D eigenvalue weighted by atomic mass is 9.39. The van der Waals surface area contributed by atoms with Gasteiger partial charge in [-0.2, -0.15) is 0 Å². The van der Waals surface area contributed by atoms with Crippen molar-refractivity contribution in [3.8, 4) is 0 Å². The van der Waals surface area contributed by atoms with E-state index >= 15 is 0 Å². The maximum atomic E-state index is 11.5. The van der Waals surface area contributed by atoms with Crippen molar-refractivity contribution in [2.75, 3.05) is 19.8 Å². The molecule has 0 radical (unpaired) electrons. The summed E-state index contributed by atoms with van der Waals surface area (Å²) in [5, 5.41) is 126. The van der Waals surface area contributed by atoms with E-state index in [4.69, 9.17) is 28.4 Å². The molecular weight excluding hydrogens is 865 g/mol. The zero-order valence-corrected chi connectivity index (χ0v) is 40.0. The van der Waals surface area contributed by atoms with E-state index in [1.807, 2.05) is 0 Å². The number of aliphatic hydroxyl groups excluding tert-OH is 11. The van der Waals surface area contributed by atoms with Gasteiger partial charge in [0.25, 0.3) is 0 Å². The Hall–Kier alpha value is -0.980. The van der Waals surface area contributed by atoms with Crippen molar-refractivity contribution >= 4 is 0 Å². The SMILES string of the molecule is C[C@H](CC[C@@H](O[C@@H]1O[C@H](CO)[C@@H](O)[C@H](O)[C@H]1O[C@@H]1O[C@H](CO)[C@@H](O)[C@H](O)[C@H]1O)C(C)(C)O)[C@H]1CC[C@@]2(C)C3CC=C4C(CC[C@H](O[C@@H]5O[C@H](CO)[C@@H](O)[C@H](O)[C@H]5O)C4(C)C)[C@]3(C)CC[C@]12C. The van der Waals surface area contributed by atoms with E-state index in [1.54, 1.807) is 13.8 Å². The van der Waals surface area contributed by atoms with Crippen LogP contribution in [0.15, 0.2) is 11.6 Å². The van der Waals surface area contributed by atoms with Gasteiger partial charge < -0.3 is 89.7 Å². The fourth-order valence-corrected chi connectivity index (χ4v) is 14.2. The van der Waals surface area contributed by atoms with E-state index in [-0.39, 0.29) is 28.3 Å². The first kappa shape index (κ1) is 52.8. The summed E-state index contributed by atoms with van der Waals surface area (Å²) in [5.41, 5.74) is -0.425. The summed E-state index contributed by atoms with van der Waals surface area (Å²) in [5.74, 6) is 1.32. The second-order valence-electron chi connectivity index (χ2n) is 22.9. The number of ether oxygens (including phenoxy) is 6. The predicted octanol–water partition coefficient (Wildman–Crippen LogP) is -0.0268. The third kappa shape index (κ3) is 9.01. The lowest BCUT2D eigenvalue weighted by Crippen LogP contribution is -2.65. The average molecular weight is 947 g/mol. The first-order valence-electron chi connectivity index (χ1n) is 24.4. The van der Waals surface area contributed by atoms with Gasteiger partial charge >= 0.3 is 0 Å². The highest BCUT2D eigenvalue weighted by Crippen LogP contribution is 2.75. The molecule has 0 bridgehead atoms. The number of allylic oxidation sites excluding steroid dienone is 1. The van der Waals surface area contributed by atoms with Crippen molar-refractivity contribution in [1.82, 2.24) is 0 Å². The Morgan fingerprint density at radius 3 is 1.71 bits per heavy atom. The molecule has 24 atom stereocenters. The third-order valence-corrected chi connectivity index (χ3v) is 18.6. The minimum Gasteiger partial charge on any atom is -0.394 e. The standard InChI is InChI=1S/C48H82O18/c1-22(9-13-31(45(4,5)60)65-43-40(37(57)34(54)28(21-51)63-43)66-42-39(59)36(56)33(53)27(20-50)62-42)23-15-16-48(8)29-12-10-24-25(46(29,6)17-18-47(23,48)7)11-14-30(44(24,2)3)64-41-38(58)35(55)32(52)26(19-49)61-41/h10,22-23,25-43,49-60H,9,11-21H2,1-8H3/t22-,23-,25?,26-,27-,28-,29?,30+,31-,32-,33-,34-,35+,36+,37+,38-,39-,40-,41+,42+,43+,46+,47-,48+/m1/s1. The minimum atomic E-state index is -1.81. The summed E-state index contributed by atoms with van der Waals surface area (Å²) in [6.07, 6.45) is -13.6. The topological polar surface area (TPSA) is 298 Å². The van der Waals surface area contributed by atoms with E-state index < -0.39 is 129 Å². The zero-order valence-electron chi connectivity index (χ0n) is 40.0. The Kier molecular flexibility index (Phi) is 15.7. The van der Waals surface area contributed by atoms with Crippen molar-refractivity contribution in [1.29, 1.82) is 0 Å². The average Bonchev–Trinajstić information content (AvgIpc) is 3.55. The number of fused-ring (bicyclic) bond motifs is 5. The molecule has 4 aliphatic carbocycles. The van der Waals surface area contributed by atoms with Gasteiger partial charge in [0.15, 0.2) is 18.9 Å². The molecule has 18 nitrogen and oxygen atoms in total. The highest BCUT2D eigenvalue weighted by Gasteiger charge is 2.68. The van der Waals surface area contributed by atoms with E-state index in [2.05, 4.69) is 47.6 Å². The molecule has 2 unspecified atom stereocenters. The molecule has 18 heteroatoms. The van der Waals surface area contributed by atoms with Gasteiger partial charge in [0.05, 0.1) is 37.6 Å². The van der Waals surface area contributed by atoms with Crippen molar-refractivity contribution in [2.45, 2.75) is 223 Å². The van der Waals surface area contributed by atoms with Gasteiger partial charge in [-0.25, -0.2) is 0 Å². The molecule has 7 rings (SSSR count). The Morgan fingerprint density at radius 2 is 1.17 bits per heavy atom. The van der Waals surface area contributed by atoms with Crippen LogP contribution in [0.25, 0.3) is 0 Å². The number of hydrogen-bond acceptors (Lipinski definition) is 18. The van der Waals surface area contributed by atoms with Gasteiger partial charge in [-0.3, -0.25) is 0 Å². The minimum absolute atomic E-state index is 0.0113. The molecule has 0 aromatic rings. The van der Waals surface area contributed by atoms with Gasteiger partial charge in [0, 0.05) is 5.41 Å². The molecular formula is C48H82O18. The highest BCUT2D eigenvalue weighted by molar-refractivity contribution is 5.30. The second-order valence-corrected chi connectivity index (χ2v) is 22.9. The van der Waals surface area contributed by atoms with Crippen LogP contribution in [0.3, 0.4) is 0 Å². The van der Waals surface area contributed by atoms with Gasteiger partial charge in [0.2, 0.25) is 0 Å². The Labute approximate surface area is 388 Å². The molecule has 0 aromatic heterocycles. The summed E-state index contributed by atoms with van der Waals surface area (Å²) < 4.78 is 36.0. The van der Waals surface area contributed by atoms with Crippen LogP contribution < -0.4 is 0 Å². The molecule has 12 N–H and O–H groups in total. The summed E-state index contributed by atoms with van der Waals surface area (Å²) >= 11 is 0. The largest absolute Gasteiger partial charge is 0.394 e. The van der Waals surface area contributed by atoms with Gasteiger partial charge in [-0.05, 0) is 112 Å². The highest BCUT2D eigenvalue weighted by atomic mass is 16.8. The van der Waals surface area contributed by atoms with E-state index in [1.165, 1.54) is 5.57 Å². The normalized spacial score (nSPS) is 50.4. The summed E-state index contributed by atoms with van der Waals surface area (Å²) in [6, 6.07) is 0. The fraction of sp³-hybridized carbons (Fsp3) is 0.958. The summed E-state index contributed by atoms with van der Waals surface area (Å²) in [4.78, 5) is 0. The van der Waals surface area contributed by atoms with Crippen LogP contribution >= 0.6 is 0 Å². The molecule has 7 aliphatic rings. The molecule has 0 amide bonds. The van der Waals surface area contributed by atoms with Crippen molar-refractivity contribution in [2.24, 2.45) is 45.3 Å². The van der Waals surface area contributed by atoms with Gasteiger partial charge in [0.1, 0.15) is 73.2 Å². The predicted molar refractivity (Wildman–Crippen MR) is 234 cm³/mol. The molecule has 66 heavy (non-hydrogen) atoms. The van der Waals surface area contributed by atoms with E-state index in [9.17, 15) is 61.3 Å². The Bertz CT molecular complexity index is 1670. The monoisotopic (exact) mass is 947 g/mol. The van der Waals surface area contributed by atoms with Crippen molar-refractivity contribution in [3.63, 3.8) is 0 Å². The number of rotatable bonds is 14. The molecule has 382 valence electrons. The fourth-order valence-electron chi connectivity index (χ4n) is 14.2. The number of hydrogen-bond donors (Lipinski definition) is 12. The molecule has 3 saturated heterocycles. The van der Waals surface area contributed by atoms with Gasteiger partial charge in [-0.15, -0.1) is 0 Å². The molecule has 6 fully saturated rings. The van der Waals surface area contributed by atoms with Crippen LogP contribution in [-0.4, -0.2) is 191 Å². The van der Waals surface area contributed by atoms with Crippen LogP contribution in [-0.2, 0) is 28.4 Å². The lowest BCUT2D eigenvalue weighted by Gasteiger charge is -2.66. The number of aliphatic hydroxyl groups is 12. The maximum absolute atomic E-state index is 11.5. The molecule has 0 aromatic carbocycles. The van der Waals surface area contributed by atoms with Crippen molar-refractivity contribution < 1.29 is 89.7 Å². The quantitative estimate of drug-likeness (QED) is 0.102. The maximum Gasteiger partial charge on any atom is 0.187 e. The van der Waals surface area contributed by atoms with E-state index in [0.29, 0.717) is 30.6 Å². The first-order chi connectivity index (χ1) is 30.8. The zero-order chi connectivity index (χ0) is 48.6. The van der Waals surface area contributed by atoms with Crippen LogP contribution in [0.4, 0.5) is 0 Å². The molecule has 3 saturated carbocycles. The van der Waals surface area contributed by atoms with Crippen LogP contribution in [0.1, 0.15) is 113 Å². The summed E-state index contributed by atoms with van der Waals surface area (Å²) in [7, 11) is 0. The Balaban J connectivity index is 1.04.